The molecule has 0 atom stereocenters. The van der Waals surface area contributed by atoms with Gasteiger partial charge in [-0.05, 0) is 63.8 Å². The Morgan fingerprint density at radius 3 is 1.64 bits per heavy atom. The van der Waals surface area contributed by atoms with Gasteiger partial charge in [-0.2, -0.15) is 0 Å². The largest absolute Gasteiger partial charge is 0.339 e. The molecule has 1 aliphatic rings. The van der Waals surface area contributed by atoms with Crippen LogP contribution in [0.2, 0.25) is 0 Å². The van der Waals surface area contributed by atoms with E-state index in [0.717, 1.165) is 30.2 Å². The van der Waals surface area contributed by atoms with Gasteiger partial charge >= 0.3 is 109 Å². The third-order valence-corrected chi connectivity index (χ3v) is 8.20. The number of nitrogens with zero attached hydrogens (tertiary/aromatic N) is 2. The summed E-state index contributed by atoms with van der Waals surface area (Å²) in [7, 11) is 13.4. The van der Waals surface area contributed by atoms with Crippen LogP contribution in [0.1, 0.15) is 52.8 Å². The minimum atomic E-state index is -1.86. The maximum absolute atomic E-state index is 5.87. The van der Waals surface area contributed by atoms with E-state index in [4.69, 9.17) is 28.9 Å². The number of anilines is 2. The van der Waals surface area contributed by atoms with E-state index in [1.165, 1.54) is 44.8 Å². The molecule has 0 saturated carbocycles. The van der Waals surface area contributed by atoms with E-state index in [1.807, 2.05) is 36.7 Å². The Morgan fingerprint density at radius 1 is 0.795 bits per heavy atom. The van der Waals surface area contributed by atoms with Crippen molar-refractivity contribution in [3.05, 3.63) is 88.1 Å². The van der Waals surface area contributed by atoms with Gasteiger partial charge in [0.2, 0.25) is 6.67 Å². The first-order valence-electron chi connectivity index (χ1n) is 13.0. The van der Waals surface area contributed by atoms with Gasteiger partial charge in [0, 0.05) is 24.5 Å². The van der Waals surface area contributed by atoms with Crippen molar-refractivity contribution in [3.63, 3.8) is 0 Å². The SMILES string of the molecule is COc1ccc(OC(C)C)c([CH]=[Ru]([Cl])[Cl])c1.Cc1cc(C)c(N2[C]N(c3c(C)cc(C)cc3C)CC2)c(C)c1. The summed E-state index contributed by atoms with van der Waals surface area (Å²) in [5.41, 5.74) is 11.5. The van der Waals surface area contributed by atoms with Crippen LogP contribution in [0.25, 0.3) is 0 Å². The molecule has 0 aliphatic carbocycles. The fourth-order valence-corrected chi connectivity index (χ4v) is 6.93. The van der Waals surface area contributed by atoms with E-state index in [-0.39, 0.29) is 6.10 Å². The minimum absolute atomic E-state index is 0.117. The summed E-state index contributed by atoms with van der Waals surface area (Å²) in [4.78, 5) is 4.56. The summed E-state index contributed by atoms with van der Waals surface area (Å²) in [5.74, 6) is 1.56. The number of rotatable bonds is 6. The minimum Gasteiger partial charge on any atom is -0.339 e. The second-order valence-electron chi connectivity index (χ2n) is 10.3. The van der Waals surface area contributed by atoms with Crippen molar-refractivity contribution in [2.24, 2.45) is 0 Å². The first-order valence-corrected chi connectivity index (χ1v) is 18.5. The zero-order valence-corrected chi connectivity index (χ0v) is 27.7. The number of halogens is 2. The second kappa shape index (κ2) is 14.0. The van der Waals surface area contributed by atoms with Crippen molar-refractivity contribution < 1.29 is 23.0 Å². The average molecular weight is 657 g/mol. The van der Waals surface area contributed by atoms with Gasteiger partial charge in [0.05, 0.1) is 0 Å². The molecule has 1 saturated heterocycles. The molecular formula is C32H40Cl2N2O2Ru. The van der Waals surface area contributed by atoms with Crippen molar-refractivity contribution >= 4 is 35.4 Å². The van der Waals surface area contributed by atoms with Gasteiger partial charge in [-0.3, -0.25) is 0 Å². The van der Waals surface area contributed by atoms with Crippen LogP contribution >= 0.6 is 19.4 Å². The van der Waals surface area contributed by atoms with Gasteiger partial charge in [0.1, 0.15) is 0 Å². The fraction of sp³-hybridized carbons (Fsp3) is 0.375. The quantitative estimate of drug-likeness (QED) is 0.249. The van der Waals surface area contributed by atoms with Crippen molar-refractivity contribution in [2.75, 3.05) is 30.0 Å². The summed E-state index contributed by atoms with van der Waals surface area (Å²) in [6.45, 7) is 22.6. The molecule has 39 heavy (non-hydrogen) atoms. The Hall–Kier alpha value is -2.07. The number of hydrogen-bond donors (Lipinski definition) is 0. The van der Waals surface area contributed by atoms with Gasteiger partial charge in [-0.25, -0.2) is 0 Å². The zero-order valence-electron chi connectivity index (χ0n) is 24.4. The molecule has 4 rings (SSSR count). The number of ether oxygens (including phenoxy) is 2. The molecule has 1 heterocycles. The summed E-state index contributed by atoms with van der Waals surface area (Å²) < 4.78 is 12.7. The third-order valence-electron chi connectivity index (χ3n) is 6.37. The maximum Gasteiger partial charge on any atom is 0.208 e. The molecule has 4 nitrogen and oxygen atoms in total. The fourth-order valence-electron chi connectivity index (χ4n) is 5.14. The summed E-state index contributed by atoms with van der Waals surface area (Å²) in [6.07, 6.45) is 0.117. The van der Waals surface area contributed by atoms with Crippen LogP contribution in [0, 0.1) is 48.2 Å². The maximum atomic E-state index is 5.87. The molecule has 0 N–H and O–H groups in total. The first kappa shape index (κ1) is 31.5. The summed E-state index contributed by atoms with van der Waals surface area (Å²) in [5, 5.41) is 0. The average Bonchev–Trinajstić information content (AvgIpc) is 3.27. The van der Waals surface area contributed by atoms with E-state index in [2.05, 4.69) is 82.3 Å². The van der Waals surface area contributed by atoms with E-state index in [0.29, 0.717) is 0 Å². The van der Waals surface area contributed by atoms with E-state index >= 15 is 0 Å². The smallest absolute Gasteiger partial charge is 0.208 e. The first-order chi connectivity index (χ1) is 18.4. The Morgan fingerprint density at radius 2 is 1.26 bits per heavy atom. The van der Waals surface area contributed by atoms with Gasteiger partial charge in [0.15, 0.2) is 0 Å². The number of benzene rings is 3. The third kappa shape index (κ3) is 8.46. The molecule has 212 valence electrons. The molecule has 3 aromatic rings. The zero-order chi connectivity index (χ0) is 28.9. The molecule has 0 bridgehead atoms. The normalized spacial score (nSPS) is 13.3. The van der Waals surface area contributed by atoms with E-state index in [1.54, 1.807) is 7.11 Å². The molecule has 1 fully saturated rings. The predicted octanol–water partition coefficient (Wildman–Crippen LogP) is 8.42. The second-order valence-corrected chi connectivity index (χ2v) is 16.0. The predicted molar refractivity (Wildman–Crippen MR) is 165 cm³/mol. The topological polar surface area (TPSA) is 24.9 Å². The van der Waals surface area contributed by atoms with Crippen LogP contribution in [0.4, 0.5) is 11.4 Å². The van der Waals surface area contributed by atoms with Crippen LogP contribution in [0.3, 0.4) is 0 Å². The number of methoxy groups -OCH3 is 1. The van der Waals surface area contributed by atoms with Crippen molar-refractivity contribution in [1.29, 1.82) is 0 Å². The Kier molecular flexibility index (Phi) is 11.3. The molecular weight excluding hydrogens is 616 g/mol. The van der Waals surface area contributed by atoms with E-state index < -0.39 is 13.5 Å². The molecule has 0 aromatic heterocycles. The van der Waals surface area contributed by atoms with E-state index in [9.17, 15) is 0 Å². The number of aryl methyl sites for hydroxylation is 6. The molecule has 7 heteroatoms. The van der Waals surface area contributed by atoms with Gasteiger partial charge in [0.25, 0.3) is 0 Å². The molecule has 2 radical (unpaired) electrons. The Labute approximate surface area is 248 Å². The van der Waals surface area contributed by atoms with Crippen LogP contribution < -0.4 is 19.3 Å². The summed E-state index contributed by atoms with van der Waals surface area (Å²) in [6, 6.07) is 14.6. The van der Waals surface area contributed by atoms with Crippen molar-refractivity contribution in [2.45, 2.75) is 61.5 Å². The molecule has 0 spiro atoms. The Balaban J connectivity index is 0.000000231. The van der Waals surface area contributed by atoms with Crippen LogP contribution in [-0.4, -0.2) is 30.9 Å². The van der Waals surface area contributed by atoms with Crippen LogP contribution in [-0.2, 0) is 13.5 Å². The monoisotopic (exact) mass is 656 g/mol. The molecule has 1 aliphatic heterocycles. The van der Waals surface area contributed by atoms with Crippen LogP contribution in [0.5, 0.6) is 11.5 Å². The molecule has 3 aromatic carbocycles. The van der Waals surface area contributed by atoms with Crippen molar-refractivity contribution in [3.8, 4) is 11.5 Å². The molecule has 0 unspecified atom stereocenters. The van der Waals surface area contributed by atoms with Crippen molar-refractivity contribution in [1.82, 2.24) is 0 Å². The summed E-state index contributed by atoms with van der Waals surface area (Å²) >= 11 is -1.86. The standard InChI is InChI=1S/C21H26N2.C11H14O2.2ClH.Ru/c1-14-9-16(3)20(17(4)10-14)22-7-8-23(13-22)21-18(5)11-15(2)12-19(21)6;1-8(2)13-11-6-5-10(12-4)7-9(11)3;;;/h9-12H,7-8H2,1-6H3;3,5-8H,1-2,4H3;2*1H;/q;;;;+2/p-2. The van der Waals surface area contributed by atoms with Gasteiger partial charge < -0.3 is 9.80 Å². The number of hydrogen-bond acceptors (Lipinski definition) is 4. The Bertz CT molecular complexity index is 1230. The molecule has 0 amide bonds. The van der Waals surface area contributed by atoms with Crippen LogP contribution in [0.15, 0.2) is 42.5 Å². The van der Waals surface area contributed by atoms with Gasteiger partial charge in [-0.15, -0.1) is 0 Å². The van der Waals surface area contributed by atoms with Gasteiger partial charge in [-0.1, -0.05) is 35.4 Å².